The first-order valence-corrected chi connectivity index (χ1v) is 3.97. The zero-order valence-electron chi connectivity index (χ0n) is 9.56. The maximum atomic E-state index is 9.92. The summed E-state index contributed by atoms with van der Waals surface area (Å²) in [5.41, 5.74) is 0. The molecule has 0 N–H and O–H groups in total. The average Bonchev–Trinajstić information content (AvgIpc) is 1.87. The van der Waals surface area contributed by atoms with Gasteiger partial charge in [0.25, 0.3) is 0 Å². The van der Waals surface area contributed by atoms with Gasteiger partial charge in [0, 0.05) is 5.97 Å². The summed E-state index contributed by atoms with van der Waals surface area (Å²) in [4.78, 5) is 9.92. The van der Waals surface area contributed by atoms with Crippen molar-refractivity contribution in [1.82, 2.24) is 0 Å². The molecule has 0 saturated heterocycles. The number of hydrogen-bond donors (Lipinski definition) is 0. The SMILES string of the molecule is CCCCCCCC(=O)[O-].[H-].[K+].[Na+]. The van der Waals surface area contributed by atoms with E-state index in [1.807, 2.05) is 0 Å². The van der Waals surface area contributed by atoms with Crippen molar-refractivity contribution in [3.05, 3.63) is 0 Å². The van der Waals surface area contributed by atoms with Crippen molar-refractivity contribution in [2.24, 2.45) is 0 Å². The third-order valence-corrected chi connectivity index (χ3v) is 1.48. The Balaban J connectivity index is -0.000000135. The van der Waals surface area contributed by atoms with Gasteiger partial charge in [-0.05, 0) is 12.8 Å². The van der Waals surface area contributed by atoms with Gasteiger partial charge in [-0.1, -0.05) is 32.6 Å². The number of carboxylic acids is 1. The Morgan fingerprint density at radius 1 is 1.25 bits per heavy atom. The van der Waals surface area contributed by atoms with Gasteiger partial charge >= 0.3 is 80.9 Å². The molecule has 0 rings (SSSR count). The Labute approximate surface area is 141 Å². The van der Waals surface area contributed by atoms with Gasteiger partial charge in [-0.3, -0.25) is 0 Å². The van der Waals surface area contributed by atoms with Crippen molar-refractivity contribution in [3.8, 4) is 0 Å². The first-order chi connectivity index (χ1) is 4.77. The van der Waals surface area contributed by atoms with Gasteiger partial charge in [-0.25, -0.2) is 0 Å². The molecule has 0 atom stereocenters. The second-order valence-corrected chi connectivity index (χ2v) is 2.54. The third kappa shape index (κ3) is 18.0. The van der Waals surface area contributed by atoms with Crippen LogP contribution in [-0.2, 0) is 4.79 Å². The van der Waals surface area contributed by atoms with Gasteiger partial charge in [0.1, 0.15) is 0 Å². The maximum absolute atomic E-state index is 9.92. The molecule has 0 aliphatic heterocycles. The minimum Gasteiger partial charge on any atom is -1.00 e. The first-order valence-electron chi connectivity index (χ1n) is 3.97. The number of unbranched alkanes of at least 4 members (excludes halogenated alkanes) is 4. The molecular formula is C8H16KNaO2. The molecule has 0 unspecified atom stereocenters. The average molecular weight is 206 g/mol. The van der Waals surface area contributed by atoms with Crippen LogP contribution in [0, 0.1) is 0 Å². The van der Waals surface area contributed by atoms with Crippen LogP contribution in [0.4, 0.5) is 0 Å². The molecule has 0 aliphatic carbocycles. The number of rotatable bonds is 6. The first kappa shape index (κ1) is 19.6. The van der Waals surface area contributed by atoms with Crippen molar-refractivity contribution >= 4 is 5.97 Å². The zero-order chi connectivity index (χ0) is 7.82. The molecule has 2 nitrogen and oxygen atoms in total. The Morgan fingerprint density at radius 3 is 2.17 bits per heavy atom. The minimum atomic E-state index is -0.920. The standard InChI is InChI=1S/C8H16O2.K.Na.H/c1-2-3-4-5-6-7-8(9)10;;;/h2-7H2,1H3,(H,9,10);;;/q;2*+1;-1/p-1. The second kappa shape index (κ2) is 15.6. The van der Waals surface area contributed by atoms with E-state index in [0.29, 0.717) is 0 Å². The molecule has 0 aromatic carbocycles. The van der Waals surface area contributed by atoms with Gasteiger partial charge < -0.3 is 11.3 Å². The molecule has 0 heterocycles. The number of aliphatic carboxylic acids is 1. The van der Waals surface area contributed by atoms with Crippen LogP contribution in [0.3, 0.4) is 0 Å². The molecular weight excluding hydrogens is 190 g/mol. The Hall–Kier alpha value is 2.11. The molecule has 0 saturated carbocycles. The minimum absolute atomic E-state index is 0. The normalized spacial score (nSPS) is 8.08. The third-order valence-electron chi connectivity index (χ3n) is 1.48. The molecule has 0 aliphatic rings. The van der Waals surface area contributed by atoms with E-state index in [-0.39, 0.29) is 88.8 Å². The maximum Gasteiger partial charge on any atom is 1.00 e. The van der Waals surface area contributed by atoms with Crippen molar-refractivity contribution < 1.29 is 92.3 Å². The summed E-state index contributed by atoms with van der Waals surface area (Å²) < 4.78 is 0. The summed E-state index contributed by atoms with van der Waals surface area (Å²) >= 11 is 0. The van der Waals surface area contributed by atoms with Gasteiger partial charge in [0.05, 0.1) is 0 Å². The van der Waals surface area contributed by atoms with Crippen molar-refractivity contribution in [2.45, 2.75) is 45.4 Å². The number of carbonyl (C=O) groups is 1. The van der Waals surface area contributed by atoms with E-state index in [2.05, 4.69) is 6.92 Å². The van der Waals surface area contributed by atoms with Crippen LogP contribution in [-0.4, -0.2) is 5.97 Å². The van der Waals surface area contributed by atoms with E-state index < -0.39 is 5.97 Å². The van der Waals surface area contributed by atoms with Gasteiger partial charge in [0.2, 0.25) is 0 Å². The second-order valence-electron chi connectivity index (χ2n) is 2.54. The van der Waals surface area contributed by atoms with E-state index in [0.717, 1.165) is 19.3 Å². The smallest absolute Gasteiger partial charge is 1.00 e. The van der Waals surface area contributed by atoms with Crippen molar-refractivity contribution in [2.75, 3.05) is 0 Å². The summed E-state index contributed by atoms with van der Waals surface area (Å²) in [5.74, 6) is -0.920. The largest absolute Gasteiger partial charge is 1.00 e. The van der Waals surface area contributed by atoms with Crippen molar-refractivity contribution in [1.29, 1.82) is 0 Å². The Morgan fingerprint density at radius 2 is 1.75 bits per heavy atom. The van der Waals surface area contributed by atoms with Crippen LogP contribution in [0.15, 0.2) is 0 Å². The molecule has 0 radical (unpaired) electrons. The fourth-order valence-corrected chi connectivity index (χ4v) is 0.873. The monoisotopic (exact) mass is 206 g/mol. The summed E-state index contributed by atoms with van der Waals surface area (Å²) in [6.45, 7) is 2.14. The summed E-state index contributed by atoms with van der Waals surface area (Å²) in [5, 5.41) is 9.92. The quantitative estimate of drug-likeness (QED) is 0.323. The number of carboxylic acid groups (broad SMARTS) is 1. The predicted octanol–water partition coefficient (Wildman–Crippen LogP) is -4.78. The Bertz CT molecular complexity index is 104. The van der Waals surface area contributed by atoms with E-state index in [1.165, 1.54) is 12.8 Å². The molecule has 0 bridgehead atoms. The topological polar surface area (TPSA) is 40.1 Å². The van der Waals surface area contributed by atoms with Crippen LogP contribution in [0.25, 0.3) is 0 Å². The van der Waals surface area contributed by atoms with Crippen LogP contribution in [0.5, 0.6) is 0 Å². The van der Waals surface area contributed by atoms with Crippen molar-refractivity contribution in [3.63, 3.8) is 0 Å². The van der Waals surface area contributed by atoms with E-state index >= 15 is 0 Å². The van der Waals surface area contributed by atoms with Crippen LogP contribution >= 0.6 is 0 Å². The zero-order valence-corrected chi connectivity index (χ0v) is 13.7. The Kier molecular flexibility index (Phi) is 25.5. The van der Waals surface area contributed by atoms with E-state index in [1.54, 1.807) is 0 Å². The van der Waals surface area contributed by atoms with E-state index in [4.69, 9.17) is 0 Å². The van der Waals surface area contributed by atoms with Gasteiger partial charge in [-0.2, -0.15) is 0 Å². The fourth-order valence-electron chi connectivity index (χ4n) is 0.873. The van der Waals surface area contributed by atoms with Crippen LogP contribution in [0.2, 0.25) is 0 Å². The molecule has 0 spiro atoms. The summed E-state index contributed by atoms with van der Waals surface area (Å²) in [7, 11) is 0. The number of carbonyl (C=O) groups excluding carboxylic acids is 1. The molecule has 0 fully saturated rings. The molecule has 4 heteroatoms. The molecule has 0 aromatic rings. The molecule has 0 aromatic heterocycles. The molecule has 62 valence electrons. The summed E-state index contributed by atoms with van der Waals surface area (Å²) in [6, 6.07) is 0. The summed E-state index contributed by atoms with van der Waals surface area (Å²) in [6.07, 6.45) is 5.61. The molecule has 12 heavy (non-hydrogen) atoms. The fraction of sp³-hybridized carbons (Fsp3) is 0.875. The van der Waals surface area contributed by atoms with Crippen LogP contribution < -0.4 is 86.0 Å². The van der Waals surface area contributed by atoms with Gasteiger partial charge in [0.15, 0.2) is 0 Å². The number of hydrogen-bond acceptors (Lipinski definition) is 2. The van der Waals surface area contributed by atoms with E-state index in [9.17, 15) is 9.90 Å². The van der Waals surface area contributed by atoms with Gasteiger partial charge in [-0.15, -0.1) is 0 Å². The molecule has 0 amide bonds. The van der Waals surface area contributed by atoms with Crippen LogP contribution in [0.1, 0.15) is 46.9 Å². The predicted molar refractivity (Wildman–Crippen MR) is 39.5 cm³/mol.